The summed E-state index contributed by atoms with van der Waals surface area (Å²) in [5.74, 6) is 0.133. The van der Waals surface area contributed by atoms with Crippen molar-refractivity contribution in [3.05, 3.63) is 66.0 Å². The number of tetrazole rings is 1. The van der Waals surface area contributed by atoms with Crippen molar-refractivity contribution in [2.24, 2.45) is 23.3 Å². The molecular formula is C29H35ClN10O2. The third-order valence-corrected chi connectivity index (χ3v) is 7.72. The van der Waals surface area contributed by atoms with Crippen LogP contribution in [0.25, 0.3) is 22.5 Å². The summed E-state index contributed by atoms with van der Waals surface area (Å²) in [7, 11) is 0. The maximum atomic E-state index is 13.9. The Balaban J connectivity index is 0.00000405. The van der Waals surface area contributed by atoms with Gasteiger partial charge in [0, 0.05) is 23.2 Å². The summed E-state index contributed by atoms with van der Waals surface area (Å²) in [5, 5.41) is 13.9. The molecule has 1 fully saturated rings. The van der Waals surface area contributed by atoms with Crippen LogP contribution in [0.3, 0.4) is 0 Å². The fraction of sp³-hybridized carbons (Fsp3) is 0.345. The fourth-order valence-electron chi connectivity index (χ4n) is 5.38. The van der Waals surface area contributed by atoms with Crippen molar-refractivity contribution >= 4 is 35.9 Å². The predicted molar refractivity (Wildman–Crippen MR) is 162 cm³/mol. The summed E-state index contributed by atoms with van der Waals surface area (Å²) in [6, 6.07) is 13.7. The van der Waals surface area contributed by atoms with Crippen LogP contribution in [-0.4, -0.2) is 55.0 Å². The number of hydrogen-bond donors (Lipinski definition) is 4. The Kier molecular flexibility index (Phi) is 9.94. The van der Waals surface area contributed by atoms with Crippen LogP contribution >= 0.6 is 12.4 Å². The molecule has 2 aromatic heterocycles. The summed E-state index contributed by atoms with van der Waals surface area (Å²) in [6.45, 7) is 2.47. The summed E-state index contributed by atoms with van der Waals surface area (Å²) < 4.78 is 0. The van der Waals surface area contributed by atoms with Gasteiger partial charge in [0.1, 0.15) is 0 Å². The summed E-state index contributed by atoms with van der Waals surface area (Å²) in [5.41, 5.74) is 22.6. The van der Waals surface area contributed by atoms with Crippen molar-refractivity contribution < 1.29 is 9.59 Å². The summed E-state index contributed by atoms with van der Waals surface area (Å²) in [6.07, 6.45) is 5.02. The zero-order chi connectivity index (χ0) is 28.9. The average Bonchev–Trinajstić information content (AvgIpc) is 3.53. The number of carbonyl (C=O) groups is 2. The SMILES string of the molecule is Cc1nc(N)ncc1-c1cccc(C[C@H](N)C(=O)N(c2ccc(-c3nnn[nH]3)cc2)C(=O)[C@H]2CC[C@H](CN)CC2)c1.Cl. The van der Waals surface area contributed by atoms with Crippen LogP contribution < -0.4 is 22.1 Å². The average molecular weight is 591 g/mol. The number of nitrogens with one attached hydrogen (secondary N) is 1. The van der Waals surface area contributed by atoms with Gasteiger partial charge in [-0.3, -0.25) is 9.59 Å². The van der Waals surface area contributed by atoms with Crippen LogP contribution in [-0.2, 0) is 16.0 Å². The van der Waals surface area contributed by atoms with Crippen LogP contribution in [0.4, 0.5) is 11.6 Å². The molecule has 4 aromatic rings. The Morgan fingerprint density at radius 1 is 1.07 bits per heavy atom. The third kappa shape index (κ3) is 6.78. The second-order valence-corrected chi connectivity index (χ2v) is 10.5. The molecule has 1 aliphatic rings. The molecule has 13 heteroatoms. The number of halogens is 1. The summed E-state index contributed by atoms with van der Waals surface area (Å²) in [4.78, 5) is 37.4. The first-order chi connectivity index (χ1) is 19.8. The molecule has 12 nitrogen and oxygen atoms in total. The number of aromatic amines is 1. The van der Waals surface area contributed by atoms with Gasteiger partial charge in [-0.25, -0.2) is 20.0 Å². The minimum absolute atomic E-state index is 0. The summed E-state index contributed by atoms with van der Waals surface area (Å²) >= 11 is 0. The number of aromatic nitrogens is 6. The van der Waals surface area contributed by atoms with Gasteiger partial charge in [-0.05, 0) is 97.3 Å². The van der Waals surface area contributed by atoms with Gasteiger partial charge in [-0.1, -0.05) is 24.3 Å². The number of nitrogen functional groups attached to an aromatic ring is 1. The molecule has 1 atom stereocenters. The molecule has 0 bridgehead atoms. The van der Waals surface area contributed by atoms with Crippen molar-refractivity contribution in [3.63, 3.8) is 0 Å². The first-order valence-corrected chi connectivity index (χ1v) is 13.7. The van der Waals surface area contributed by atoms with Gasteiger partial charge in [0.25, 0.3) is 5.91 Å². The lowest BCUT2D eigenvalue weighted by molar-refractivity contribution is -0.130. The molecule has 2 heterocycles. The molecule has 2 aromatic carbocycles. The lowest BCUT2D eigenvalue weighted by Crippen LogP contribution is -2.50. The van der Waals surface area contributed by atoms with Gasteiger partial charge in [0.2, 0.25) is 11.9 Å². The van der Waals surface area contributed by atoms with E-state index in [0.29, 0.717) is 36.8 Å². The van der Waals surface area contributed by atoms with Crippen LogP contribution in [0.15, 0.2) is 54.7 Å². The number of nitrogens with two attached hydrogens (primary N) is 3. The minimum Gasteiger partial charge on any atom is -0.368 e. The first-order valence-electron chi connectivity index (χ1n) is 13.7. The molecule has 1 aliphatic carbocycles. The van der Waals surface area contributed by atoms with Crippen LogP contribution in [0.2, 0.25) is 0 Å². The standard InChI is InChI=1S/C29H34N10O2.ClH/c1-17-24(16-33-29(32)34-17)22-4-2-3-19(13-22)14-25(31)28(41)39(27(40)21-7-5-18(15-30)6-8-21)23-11-9-20(10-12-23)26-35-37-38-36-26;/h2-4,9-13,16,18,21,25H,5-8,14-15,30-31H2,1H3,(H2,32,33,34)(H,35,36,37,38);1H/t18-,21-,25-;/m0./s1. The van der Waals surface area contributed by atoms with E-state index in [-0.39, 0.29) is 36.6 Å². The van der Waals surface area contributed by atoms with Gasteiger partial charge < -0.3 is 17.2 Å². The minimum atomic E-state index is -0.948. The second-order valence-electron chi connectivity index (χ2n) is 10.5. The number of imide groups is 1. The molecule has 0 saturated heterocycles. The van der Waals surface area contributed by atoms with E-state index in [1.165, 1.54) is 4.90 Å². The predicted octanol–water partition coefficient (Wildman–Crippen LogP) is 2.83. The van der Waals surface area contributed by atoms with Crippen LogP contribution in [0.1, 0.15) is 36.9 Å². The van der Waals surface area contributed by atoms with E-state index >= 15 is 0 Å². The molecule has 0 radical (unpaired) electrons. The Bertz CT molecular complexity index is 1510. The van der Waals surface area contributed by atoms with E-state index in [0.717, 1.165) is 40.8 Å². The normalized spacial score (nSPS) is 17.2. The topological polar surface area (TPSA) is 196 Å². The van der Waals surface area contributed by atoms with E-state index in [1.54, 1.807) is 30.5 Å². The van der Waals surface area contributed by atoms with Gasteiger partial charge in [0.15, 0.2) is 5.82 Å². The number of benzene rings is 2. The Morgan fingerprint density at radius 2 is 1.81 bits per heavy atom. The van der Waals surface area contributed by atoms with Crippen LogP contribution in [0.5, 0.6) is 0 Å². The van der Waals surface area contributed by atoms with Gasteiger partial charge in [-0.15, -0.1) is 17.5 Å². The maximum Gasteiger partial charge on any atom is 0.251 e. The van der Waals surface area contributed by atoms with Crippen LogP contribution in [0, 0.1) is 18.8 Å². The quantitative estimate of drug-likeness (QED) is 0.237. The lowest BCUT2D eigenvalue weighted by atomic mass is 9.81. The number of anilines is 2. The highest BCUT2D eigenvalue weighted by Crippen LogP contribution is 2.32. The molecule has 0 spiro atoms. The first kappa shape index (κ1) is 30.7. The molecule has 2 amide bonds. The number of amides is 2. The third-order valence-electron chi connectivity index (χ3n) is 7.72. The zero-order valence-corrected chi connectivity index (χ0v) is 24.1. The highest BCUT2D eigenvalue weighted by molar-refractivity contribution is 6.17. The van der Waals surface area contributed by atoms with Crippen molar-refractivity contribution in [2.45, 2.75) is 45.1 Å². The van der Waals surface area contributed by atoms with E-state index < -0.39 is 11.9 Å². The number of carbonyl (C=O) groups excluding carboxylic acids is 2. The fourth-order valence-corrected chi connectivity index (χ4v) is 5.38. The Morgan fingerprint density at radius 3 is 2.45 bits per heavy atom. The van der Waals surface area contributed by atoms with Gasteiger partial charge in [-0.2, -0.15) is 0 Å². The number of rotatable bonds is 8. The number of aryl methyl sites for hydroxylation is 1. The molecule has 0 unspecified atom stereocenters. The molecular weight excluding hydrogens is 556 g/mol. The lowest BCUT2D eigenvalue weighted by Gasteiger charge is -2.32. The molecule has 1 saturated carbocycles. The van der Waals surface area contributed by atoms with Crippen molar-refractivity contribution in [2.75, 3.05) is 17.2 Å². The smallest absolute Gasteiger partial charge is 0.251 e. The van der Waals surface area contributed by atoms with E-state index in [9.17, 15) is 9.59 Å². The Labute approximate surface area is 249 Å². The molecule has 220 valence electrons. The van der Waals surface area contributed by atoms with Crippen molar-refractivity contribution in [3.8, 4) is 22.5 Å². The van der Waals surface area contributed by atoms with Gasteiger partial charge in [0.05, 0.1) is 17.4 Å². The Hall–Kier alpha value is -4.26. The number of nitrogens with zero attached hydrogens (tertiary/aromatic N) is 6. The monoisotopic (exact) mass is 590 g/mol. The molecule has 42 heavy (non-hydrogen) atoms. The highest BCUT2D eigenvalue weighted by Gasteiger charge is 2.35. The zero-order valence-electron chi connectivity index (χ0n) is 23.3. The largest absolute Gasteiger partial charge is 0.368 e. The molecule has 5 rings (SSSR count). The van der Waals surface area contributed by atoms with E-state index in [1.807, 2.05) is 31.2 Å². The number of hydrogen-bond acceptors (Lipinski definition) is 10. The second kappa shape index (κ2) is 13.6. The molecule has 0 aliphatic heterocycles. The van der Waals surface area contributed by atoms with Crippen molar-refractivity contribution in [1.82, 2.24) is 30.6 Å². The van der Waals surface area contributed by atoms with Crippen molar-refractivity contribution in [1.29, 1.82) is 0 Å². The van der Waals surface area contributed by atoms with Gasteiger partial charge >= 0.3 is 0 Å². The number of H-pyrrole nitrogens is 1. The maximum absolute atomic E-state index is 13.9. The molecule has 7 N–H and O–H groups in total. The van der Waals surface area contributed by atoms with E-state index in [2.05, 4.69) is 30.6 Å². The van der Waals surface area contributed by atoms with E-state index in [4.69, 9.17) is 17.2 Å². The highest BCUT2D eigenvalue weighted by atomic mass is 35.5.